The van der Waals surface area contributed by atoms with Crippen molar-refractivity contribution in [3.8, 4) is 18.1 Å². The second-order valence-corrected chi connectivity index (χ2v) is 7.61. The molecule has 2 aliphatic rings. The van der Waals surface area contributed by atoms with E-state index >= 15 is 0 Å². The Morgan fingerprint density at radius 3 is 2.58 bits per heavy atom. The summed E-state index contributed by atoms with van der Waals surface area (Å²) in [5.74, 6) is 3.27. The van der Waals surface area contributed by atoms with E-state index in [1.54, 1.807) is 24.3 Å². The van der Waals surface area contributed by atoms with Crippen LogP contribution in [-0.4, -0.2) is 47.2 Å². The zero-order valence-corrected chi connectivity index (χ0v) is 17.3. The molecular weight excluding hydrogens is 397 g/mol. The Labute approximate surface area is 181 Å². The van der Waals surface area contributed by atoms with Crippen LogP contribution < -0.4 is 9.64 Å². The lowest BCUT2D eigenvalue weighted by molar-refractivity contribution is 0.0399. The molecule has 1 aliphatic carbocycles. The van der Waals surface area contributed by atoms with Gasteiger partial charge >= 0.3 is 0 Å². The van der Waals surface area contributed by atoms with Crippen LogP contribution in [0.3, 0.4) is 0 Å². The summed E-state index contributed by atoms with van der Waals surface area (Å²) in [5.41, 5.74) is 0.348. The third-order valence-corrected chi connectivity index (χ3v) is 5.75. The number of ether oxygens (including phenoxy) is 2. The quantitative estimate of drug-likeness (QED) is 0.739. The minimum Gasteiger partial charge on any atom is -0.508 e. The lowest BCUT2D eigenvalue weighted by Crippen LogP contribution is -2.39. The average Bonchev–Trinajstić information content (AvgIpc) is 2.82. The van der Waals surface area contributed by atoms with E-state index in [0.29, 0.717) is 17.9 Å². The number of anilines is 1. The number of methoxy groups -OCH3 is 1. The van der Waals surface area contributed by atoms with E-state index in [1.807, 2.05) is 12.1 Å². The molecule has 1 saturated heterocycles. The van der Waals surface area contributed by atoms with E-state index in [1.165, 1.54) is 19.3 Å². The fourth-order valence-corrected chi connectivity index (χ4v) is 3.86. The summed E-state index contributed by atoms with van der Waals surface area (Å²) in [4.78, 5) is 2.14. The van der Waals surface area contributed by atoms with Gasteiger partial charge < -0.3 is 19.5 Å². The van der Waals surface area contributed by atoms with Crippen molar-refractivity contribution in [3.05, 3.63) is 65.8 Å². The summed E-state index contributed by atoms with van der Waals surface area (Å²) in [6.07, 6.45) is 10.7. The zero-order chi connectivity index (χ0) is 21.8. The van der Waals surface area contributed by atoms with Crippen molar-refractivity contribution in [2.75, 3.05) is 25.1 Å². The predicted molar refractivity (Wildman–Crippen MR) is 116 cm³/mol. The number of aromatic nitrogens is 2. The molecule has 1 atom stereocenters. The van der Waals surface area contributed by atoms with Gasteiger partial charge in [0, 0.05) is 39.5 Å². The number of piperidine rings is 1. The number of para-hydroxylation sites is 1. The number of benzene rings is 1. The first kappa shape index (κ1) is 20.9. The molecule has 1 aromatic heterocycles. The van der Waals surface area contributed by atoms with Crippen molar-refractivity contribution in [3.63, 3.8) is 0 Å². The second-order valence-electron chi connectivity index (χ2n) is 7.61. The van der Waals surface area contributed by atoms with Crippen LogP contribution >= 0.6 is 0 Å². The largest absolute Gasteiger partial charge is 0.508 e. The number of halogens is 1. The third-order valence-electron chi connectivity index (χ3n) is 5.75. The van der Waals surface area contributed by atoms with Crippen molar-refractivity contribution < 1.29 is 19.0 Å². The van der Waals surface area contributed by atoms with E-state index in [9.17, 15) is 9.50 Å². The Morgan fingerprint density at radius 2 is 1.94 bits per heavy atom. The van der Waals surface area contributed by atoms with Gasteiger partial charge in [-0.2, -0.15) is 0 Å². The van der Waals surface area contributed by atoms with E-state index in [-0.39, 0.29) is 17.7 Å². The molecule has 7 heteroatoms. The molecule has 1 fully saturated rings. The highest BCUT2D eigenvalue weighted by Crippen LogP contribution is 2.35. The molecule has 0 radical (unpaired) electrons. The van der Waals surface area contributed by atoms with Crippen molar-refractivity contribution in [1.82, 2.24) is 10.2 Å². The van der Waals surface area contributed by atoms with Crippen LogP contribution in [0.15, 0.2) is 54.3 Å². The molecule has 0 saturated carbocycles. The molecule has 1 unspecified atom stereocenters. The molecule has 160 valence electrons. The average molecular weight is 421 g/mol. The SMILES string of the molecule is C#CC1(OC)CC(c2ccc(N3CCC(Oc4ccccc4F)CC3)nn2)=CC=C1O. The highest BCUT2D eigenvalue weighted by Gasteiger charge is 2.36. The van der Waals surface area contributed by atoms with Crippen LogP contribution in [0, 0.1) is 18.2 Å². The minimum atomic E-state index is -1.18. The van der Waals surface area contributed by atoms with Gasteiger partial charge in [-0.05, 0) is 35.9 Å². The van der Waals surface area contributed by atoms with Gasteiger partial charge in [-0.15, -0.1) is 16.6 Å². The first-order valence-corrected chi connectivity index (χ1v) is 10.2. The number of terminal acetylenes is 1. The molecule has 0 bridgehead atoms. The fraction of sp³-hybridized carbons (Fsp3) is 0.333. The predicted octanol–water partition coefficient (Wildman–Crippen LogP) is 3.91. The molecule has 31 heavy (non-hydrogen) atoms. The van der Waals surface area contributed by atoms with Gasteiger partial charge in [-0.25, -0.2) is 4.39 Å². The van der Waals surface area contributed by atoms with E-state index < -0.39 is 5.60 Å². The Balaban J connectivity index is 1.39. The van der Waals surface area contributed by atoms with Gasteiger partial charge in [0.15, 0.2) is 23.0 Å². The molecule has 1 N–H and O–H groups in total. The maximum atomic E-state index is 13.8. The molecule has 4 rings (SSSR count). The Morgan fingerprint density at radius 1 is 1.16 bits per heavy atom. The number of hydrogen-bond acceptors (Lipinski definition) is 6. The van der Waals surface area contributed by atoms with Crippen LogP contribution in [0.4, 0.5) is 10.2 Å². The highest BCUT2D eigenvalue weighted by molar-refractivity contribution is 5.69. The van der Waals surface area contributed by atoms with Crippen LogP contribution in [0.2, 0.25) is 0 Å². The van der Waals surface area contributed by atoms with Crippen LogP contribution in [0.1, 0.15) is 25.0 Å². The van der Waals surface area contributed by atoms with Crippen LogP contribution in [-0.2, 0) is 4.74 Å². The number of hydrogen-bond donors (Lipinski definition) is 1. The van der Waals surface area contributed by atoms with Crippen molar-refractivity contribution in [2.45, 2.75) is 31.0 Å². The third kappa shape index (κ3) is 4.25. The summed E-state index contributed by atoms with van der Waals surface area (Å²) in [7, 11) is 1.47. The summed E-state index contributed by atoms with van der Waals surface area (Å²) in [6.45, 7) is 1.49. The smallest absolute Gasteiger partial charge is 0.188 e. The van der Waals surface area contributed by atoms with Gasteiger partial charge in [0.05, 0.1) is 5.69 Å². The van der Waals surface area contributed by atoms with Gasteiger partial charge in [0.1, 0.15) is 11.9 Å². The van der Waals surface area contributed by atoms with Gasteiger partial charge in [0.2, 0.25) is 0 Å². The molecule has 2 heterocycles. The molecule has 1 aliphatic heterocycles. The summed E-state index contributed by atoms with van der Waals surface area (Å²) in [5, 5.41) is 18.8. The van der Waals surface area contributed by atoms with Gasteiger partial charge in [0.25, 0.3) is 0 Å². The van der Waals surface area contributed by atoms with Crippen LogP contribution in [0.5, 0.6) is 5.75 Å². The lowest BCUT2D eigenvalue weighted by atomic mass is 9.87. The summed E-state index contributed by atoms with van der Waals surface area (Å²) >= 11 is 0. The summed E-state index contributed by atoms with van der Waals surface area (Å²) < 4.78 is 25.0. The number of aliphatic hydroxyl groups is 1. The first-order chi connectivity index (χ1) is 15.0. The van der Waals surface area contributed by atoms with Crippen LogP contribution in [0.25, 0.3) is 5.57 Å². The molecule has 6 nitrogen and oxygen atoms in total. The number of aliphatic hydroxyl groups excluding tert-OH is 1. The standard InChI is InChI=1S/C24H24FN3O3/c1-3-24(30-2)16-17(8-10-22(24)29)20-9-11-23(27-26-20)28-14-12-18(13-15-28)31-21-7-5-4-6-19(21)25/h1,4-11,18,29H,12-16H2,2H3. The normalized spacial score (nSPS) is 21.8. The van der Waals surface area contributed by atoms with E-state index in [4.69, 9.17) is 15.9 Å². The highest BCUT2D eigenvalue weighted by atomic mass is 19.1. The number of allylic oxidation sites excluding steroid dienone is 2. The maximum Gasteiger partial charge on any atom is 0.188 e. The molecular formula is C24H24FN3O3. The molecule has 1 aromatic carbocycles. The van der Waals surface area contributed by atoms with Gasteiger partial charge in [-0.1, -0.05) is 24.1 Å². The molecule has 2 aromatic rings. The molecule has 0 spiro atoms. The Bertz CT molecular complexity index is 1040. The van der Waals surface area contributed by atoms with Gasteiger partial charge in [-0.3, -0.25) is 0 Å². The fourth-order valence-electron chi connectivity index (χ4n) is 3.86. The Kier molecular flexibility index (Phi) is 5.92. The summed E-state index contributed by atoms with van der Waals surface area (Å²) in [6, 6.07) is 10.3. The molecule has 0 amide bonds. The number of rotatable bonds is 5. The first-order valence-electron chi connectivity index (χ1n) is 10.2. The maximum absolute atomic E-state index is 13.8. The monoisotopic (exact) mass is 421 g/mol. The topological polar surface area (TPSA) is 67.7 Å². The Hall–Kier alpha value is -3.37. The van der Waals surface area contributed by atoms with Crippen molar-refractivity contribution in [2.24, 2.45) is 0 Å². The minimum absolute atomic E-state index is 0.00584. The second kappa shape index (κ2) is 8.78. The van der Waals surface area contributed by atoms with Crippen molar-refractivity contribution >= 4 is 11.4 Å². The zero-order valence-electron chi connectivity index (χ0n) is 17.3. The van der Waals surface area contributed by atoms with Crippen molar-refractivity contribution in [1.29, 1.82) is 0 Å². The van der Waals surface area contributed by atoms with E-state index in [2.05, 4.69) is 21.0 Å². The number of nitrogens with zero attached hydrogens (tertiary/aromatic N) is 3. The lowest BCUT2D eigenvalue weighted by Gasteiger charge is -2.33. The van der Waals surface area contributed by atoms with E-state index in [0.717, 1.165) is 37.3 Å².